The molecule has 1 N–H and O–H groups in total. The maximum atomic E-state index is 13.8. The minimum atomic E-state index is -0.567. The lowest BCUT2D eigenvalue weighted by atomic mass is 10.0. The van der Waals surface area contributed by atoms with E-state index in [4.69, 9.17) is 9.47 Å². The van der Waals surface area contributed by atoms with Crippen LogP contribution in [0, 0.1) is 0 Å². The Hall–Kier alpha value is -3.66. The van der Waals surface area contributed by atoms with Gasteiger partial charge in [-0.1, -0.05) is 19.1 Å². The van der Waals surface area contributed by atoms with Gasteiger partial charge in [-0.15, -0.1) is 0 Å². The maximum Gasteiger partial charge on any atom is 0.410 e. The number of aromatic amines is 1. The van der Waals surface area contributed by atoms with Gasteiger partial charge in [0.1, 0.15) is 22.7 Å². The first-order valence-corrected chi connectivity index (χ1v) is 12.3. The summed E-state index contributed by atoms with van der Waals surface area (Å²) in [5.41, 5.74) is 4.00. The lowest BCUT2D eigenvalue weighted by molar-refractivity contribution is 0.0240. The predicted octanol–water partition coefficient (Wildman–Crippen LogP) is 3.15. The van der Waals surface area contributed by atoms with Gasteiger partial charge in [0.15, 0.2) is 6.29 Å². The van der Waals surface area contributed by atoms with E-state index in [1.807, 2.05) is 50.8 Å². The summed E-state index contributed by atoms with van der Waals surface area (Å²) in [5, 5.41) is 0. The Morgan fingerprint density at radius 3 is 2.56 bits per heavy atom. The van der Waals surface area contributed by atoms with Crippen LogP contribution in [0.5, 0.6) is 0 Å². The number of hydrogen-bond donors (Lipinski definition) is 1. The summed E-state index contributed by atoms with van der Waals surface area (Å²) in [6.07, 6.45) is 0.913. The largest absolute Gasteiger partial charge is 0.444 e. The number of imidazole rings is 1. The number of ether oxygens (including phenoxy) is 2. The first-order chi connectivity index (χ1) is 17.2. The number of carbonyl (C=O) groups excluding carboxylic acids is 2. The number of aryl methyl sites for hydroxylation is 1. The van der Waals surface area contributed by atoms with Gasteiger partial charge in [0.2, 0.25) is 5.78 Å². The Kier molecular flexibility index (Phi) is 6.07. The minimum absolute atomic E-state index is 0.210. The van der Waals surface area contributed by atoms with Crippen LogP contribution in [0.1, 0.15) is 55.0 Å². The lowest BCUT2D eigenvalue weighted by Gasteiger charge is -2.36. The Morgan fingerprint density at radius 1 is 1.17 bits per heavy atom. The molecule has 0 atom stereocenters. The zero-order chi connectivity index (χ0) is 25.6. The van der Waals surface area contributed by atoms with Crippen LogP contribution < -0.4 is 10.5 Å². The molecule has 5 rings (SSSR count). The molecule has 0 saturated carbocycles. The van der Waals surface area contributed by atoms with Crippen molar-refractivity contribution in [2.24, 2.45) is 0 Å². The third-order valence-electron chi connectivity index (χ3n) is 6.57. The molecule has 10 nitrogen and oxygen atoms in total. The zero-order valence-electron chi connectivity index (χ0n) is 21.1. The number of nitrogens with zero attached hydrogens (tertiary/aromatic N) is 4. The van der Waals surface area contributed by atoms with Gasteiger partial charge in [0.05, 0.1) is 13.2 Å². The first kappa shape index (κ1) is 24.1. The summed E-state index contributed by atoms with van der Waals surface area (Å²) >= 11 is 0. The summed E-state index contributed by atoms with van der Waals surface area (Å²) in [6, 6.07) is 5.86. The molecule has 2 aliphatic heterocycles. The molecule has 2 aromatic heterocycles. The van der Waals surface area contributed by atoms with Crippen molar-refractivity contribution >= 4 is 23.8 Å². The molecule has 0 unspecified atom stereocenters. The topological polar surface area (TPSA) is 109 Å². The highest BCUT2D eigenvalue weighted by molar-refractivity contribution is 5.86. The molecule has 190 valence electrons. The Balaban J connectivity index is 1.51. The summed E-state index contributed by atoms with van der Waals surface area (Å²) in [5.74, 6) is 0.335. The van der Waals surface area contributed by atoms with Gasteiger partial charge in [0, 0.05) is 37.4 Å². The molecule has 0 bridgehead atoms. The zero-order valence-corrected chi connectivity index (χ0v) is 21.1. The number of hydrogen-bond acceptors (Lipinski definition) is 7. The van der Waals surface area contributed by atoms with Gasteiger partial charge >= 0.3 is 6.09 Å². The van der Waals surface area contributed by atoms with E-state index in [0.717, 1.165) is 22.4 Å². The van der Waals surface area contributed by atoms with E-state index in [1.54, 1.807) is 4.90 Å². The van der Waals surface area contributed by atoms with Crippen LogP contribution in [0.4, 0.5) is 10.5 Å². The number of fused-ring (bicyclic) bond motifs is 2. The highest BCUT2D eigenvalue weighted by atomic mass is 16.6. The van der Waals surface area contributed by atoms with E-state index < -0.39 is 5.60 Å². The number of benzene rings is 1. The molecule has 10 heteroatoms. The molecule has 1 saturated heterocycles. The molecule has 1 fully saturated rings. The molecule has 0 spiro atoms. The van der Waals surface area contributed by atoms with Gasteiger partial charge in [-0.25, -0.2) is 14.2 Å². The van der Waals surface area contributed by atoms with Gasteiger partial charge in [-0.2, -0.15) is 0 Å². The van der Waals surface area contributed by atoms with Crippen LogP contribution >= 0.6 is 0 Å². The van der Waals surface area contributed by atoms with Gasteiger partial charge in [0.25, 0.3) is 5.56 Å². The fourth-order valence-corrected chi connectivity index (χ4v) is 4.81. The molecule has 1 amide bonds. The molecule has 3 aromatic rings. The SMILES string of the molecule is CCc1[nH]c2nc(-c3ccc4c(c3)COC4)c(C=O)n2c(=O)c1N1CCN(C(=O)OC(C)(C)C)CC1. The monoisotopic (exact) mass is 493 g/mol. The van der Waals surface area contributed by atoms with Crippen molar-refractivity contribution in [1.82, 2.24) is 19.3 Å². The fourth-order valence-electron chi connectivity index (χ4n) is 4.81. The van der Waals surface area contributed by atoms with E-state index in [0.29, 0.717) is 69.3 Å². The predicted molar refractivity (Wildman–Crippen MR) is 135 cm³/mol. The van der Waals surface area contributed by atoms with Crippen LogP contribution in [-0.2, 0) is 29.1 Å². The van der Waals surface area contributed by atoms with E-state index >= 15 is 0 Å². The molecular weight excluding hydrogens is 462 g/mol. The summed E-state index contributed by atoms with van der Waals surface area (Å²) in [7, 11) is 0. The quantitative estimate of drug-likeness (QED) is 0.556. The van der Waals surface area contributed by atoms with E-state index in [1.165, 1.54) is 4.40 Å². The molecular formula is C26H31N5O5. The number of rotatable bonds is 4. The van der Waals surface area contributed by atoms with Crippen molar-refractivity contribution in [2.45, 2.75) is 52.9 Å². The molecule has 0 aliphatic carbocycles. The van der Waals surface area contributed by atoms with Crippen molar-refractivity contribution in [3.8, 4) is 11.3 Å². The molecule has 4 heterocycles. The van der Waals surface area contributed by atoms with Crippen molar-refractivity contribution < 1.29 is 19.1 Å². The Bertz CT molecular complexity index is 1390. The van der Waals surface area contributed by atoms with Crippen LogP contribution in [0.15, 0.2) is 23.0 Å². The third kappa shape index (κ3) is 4.26. The normalized spacial score (nSPS) is 15.9. The van der Waals surface area contributed by atoms with Gasteiger partial charge in [-0.05, 0) is 44.4 Å². The van der Waals surface area contributed by atoms with Crippen LogP contribution in [0.25, 0.3) is 17.0 Å². The van der Waals surface area contributed by atoms with Crippen LogP contribution in [0.2, 0.25) is 0 Å². The Labute approximate surface area is 208 Å². The molecule has 36 heavy (non-hydrogen) atoms. The number of aldehydes is 1. The van der Waals surface area contributed by atoms with Gasteiger partial charge < -0.3 is 24.3 Å². The summed E-state index contributed by atoms with van der Waals surface area (Å²) < 4.78 is 12.4. The number of anilines is 1. The summed E-state index contributed by atoms with van der Waals surface area (Å²) in [6.45, 7) is 10.4. The second-order valence-electron chi connectivity index (χ2n) is 10.2. The highest BCUT2D eigenvalue weighted by Gasteiger charge is 2.29. The minimum Gasteiger partial charge on any atom is -0.444 e. The first-order valence-electron chi connectivity index (χ1n) is 12.3. The number of amides is 1. The average molecular weight is 494 g/mol. The molecule has 0 radical (unpaired) electrons. The number of nitrogens with one attached hydrogen (secondary N) is 1. The van der Waals surface area contributed by atoms with Crippen molar-refractivity contribution in [1.29, 1.82) is 0 Å². The van der Waals surface area contributed by atoms with E-state index in [2.05, 4.69) is 9.97 Å². The van der Waals surface area contributed by atoms with Crippen LogP contribution in [-0.4, -0.2) is 63.4 Å². The number of H-pyrrole nitrogens is 1. The average Bonchev–Trinajstić information content (AvgIpc) is 3.46. The maximum absolute atomic E-state index is 13.8. The Morgan fingerprint density at radius 2 is 1.89 bits per heavy atom. The second kappa shape index (κ2) is 9.09. The highest BCUT2D eigenvalue weighted by Crippen LogP contribution is 2.29. The standard InChI is InChI=1S/C26H31N5O5/c1-5-19-22(29-8-10-30(11-9-29)25(34)36-26(2,3)4)23(33)31-20(13-32)21(28-24(31)27-19)16-6-7-17-14-35-15-18(17)12-16/h6-7,12-13H,5,8-11,14-15H2,1-4H3,(H,27,28). The van der Waals surface area contributed by atoms with Crippen molar-refractivity contribution in [2.75, 3.05) is 31.1 Å². The molecule has 2 aliphatic rings. The van der Waals surface area contributed by atoms with Crippen molar-refractivity contribution in [3.63, 3.8) is 0 Å². The van der Waals surface area contributed by atoms with E-state index in [-0.39, 0.29) is 17.3 Å². The smallest absolute Gasteiger partial charge is 0.410 e. The van der Waals surface area contributed by atoms with Crippen LogP contribution in [0.3, 0.4) is 0 Å². The van der Waals surface area contributed by atoms with E-state index in [9.17, 15) is 14.4 Å². The third-order valence-corrected chi connectivity index (χ3v) is 6.57. The molecule has 1 aromatic carbocycles. The summed E-state index contributed by atoms with van der Waals surface area (Å²) in [4.78, 5) is 50.1. The fraction of sp³-hybridized carbons (Fsp3) is 0.462. The second-order valence-corrected chi connectivity index (χ2v) is 10.2. The number of aromatic nitrogens is 3. The number of carbonyl (C=O) groups is 2. The van der Waals surface area contributed by atoms with Crippen molar-refractivity contribution in [3.05, 3.63) is 51.1 Å². The van der Waals surface area contributed by atoms with Gasteiger partial charge in [-0.3, -0.25) is 9.59 Å². The number of piperazine rings is 1. The lowest BCUT2D eigenvalue weighted by Crippen LogP contribution is -2.51.